The second kappa shape index (κ2) is 5.89. The highest BCUT2D eigenvalue weighted by molar-refractivity contribution is 5.66. The Hall–Kier alpha value is -2.81. The van der Waals surface area contributed by atoms with E-state index in [0.29, 0.717) is 29.7 Å². The summed E-state index contributed by atoms with van der Waals surface area (Å²) in [5.74, 6) is 0.316. The number of pyridine rings is 1. The fourth-order valence-corrected chi connectivity index (χ4v) is 1.63. The van der Waals surface area contributed by atoms with Crippen LogP contribution in [0.2, 0.25) is 0 Å². The van der Waals surface area contributed by atoms with Gasteiger partial charge in [-0.1, -0.05) is 0 Å². The van der Waals surface area contributed by atoms with Gasteiger partial charge in [-0.2, -0.15) is 10.2 Å². The van der Waals surface area contributed by atoms with Gasteiger partial charge in [0.05, 0.1) is 23.5 Å². The van der Waals surface area contributed by atoms with Crippen molar-refractivity contribution >= 4 is 17.2 Å². The maximum absolute atomic E-state index is 13.1. The minimum absolute atomic E-state index is 0.196. The molecule has 0 aliphatic carbocycles. The first-order chi connectivity index (χ1) is 9.63. The van der Waals surface area contributed by atoms with Crippen molar-refractivity contribution in [3.63, 3.8) is 0 Å². The monoisotopic (exact) mass is 272 g/mol. The van der Waals surface area contributed by atoms with Crippen LogP contribution in [0.4, 0.5) is 21.6 Å². The average Bonchev–Trinajstić information content (AvgIpc) is 2.44. The molecule has 2 aromatic rings. The SMILES string of the molecule is CCOc1nc(Nc2ccc(F)cc2C#N)ccc1N. The molecule has 0 bridgehead atoms. The smallest absolute Gasteiger partial charge is 0.239 e. The van der Waals surface area contributed by atoms with E-state index in [0.717, 1.165) is 6.07 Å². The summed E-state index contributed by atoms with van der Waals surface area (Å²) in [4.78, 5) is 4.19. The summed E-state index contributed by atoms with van der Waals surface area (Å²) in [5.41, 5.74) is 6.82. The van der Waals surface area contributed by atoms with Gasteiger partial charge >= 0.3 is 0 Å². The lowest BCUT2D eigenvalue weighted by atomic mass is 10.2. The van der Waals surface area contributed by atoms with Gasteiger partial charge in [0.2, 0.25) is 5.88 Å². The number of nitrogens with two attached hydrogens (primary N) is 1. The quantitative estimate of drug-likeness (QED) is 0.894. The predicted octanol–water partition coefficient (Wildman–Crippen LogP) is 2.82. The second-order valence-corrected chi connectivity index (χ2v) is 3.95. The van der Waals surface area contributed by atoms with Crippen molar-refractivity contribution in [3.05, 3.63) is 41.7 Å². The average molecular weight is 272 g/mol. The molecule has 1 aromatic carbocycles. The van der Waals surface area contributed by atoms with Gasteiger partial charge in [0.15, 0.2) is 0 Å². The normalized spacial score (nSPS) is 9.85. The van der Waals surface area contributed by atoms with Crippen LogP contribution in [0.15, 0.2) is 30.3 Å². The van der Waals surface area contributed by atoms with Crippen LogP contribution in [-0.4, -0.2) is 11.6 Å². The fourth-order valence-electron chi connectivity index (χ4n) is 1.63. The zero-order valence-electron chi connectivity index (χ0n) is 10.9. The minimum atomic E-state index is -0.465. The Labute approximate surface area is 115 Å². The molecule has 0 amide bonds. The van der Waals surface area contributed by atoms with Gasteiger partial charge in [0.25, 0.3) is 0 Å². The number of ether oxygens (including phenoxy) is 1. The summed E-state index contributed by atoms with van der Waals surface area (Å²) in [7, 11) is 0. The Balaban J connectivity index is 2.31. The summed E-state index contributed by atoms with van der Waals surface area (Å²) in [6, 6.07) is 9.13. The van der Waals surface area contributed by atoms with Crippen LogP contribution in [0.1, 0.15) is 12.5 Å². The summed E-state index contributed by atoms with van der Waals surface area (Å²) >= 11 is 0. The topological polar surface area (TPSA) is 84.0 Å². The molecule has 3 N–H and O–H groups in total. The molecule has 0 fully saturated rings. The van der Waals surface area contributed by atoms with E-state index in [9.17, 15) is 4.39 Å². The molecular weight excluding hydrogens is 259 g/mol. The number of halogens is 1. The maximum atomic E-state index is 13.1. The molecule has 20 heavy (non-hydrogen) atoms. The zero-order valence-corrected chi connectivity index (χ0v) is 10.9. The largest absolute Gasteiger partial charge is 0.476 e. The predicted molar refractivity (Wildman–Crippen MR) is 74.2 cm³/mol. The van der Waals surface area contributed by atoms with Crippen LogP contribution in [0.25, 0.3) is 0 Å². The third-order valence-electron chi connectivity index (χ3n) is 2.54. The van der Waals surface area contributed by atoms with E-state index in [1.54, 1.807) is 12.1 Å². The van der Waals surface area contributed by atoms with Crippen molar-refractivity contribution in [2.75, 3.05) is 17.7 Å². The van der Waals surface area contributed by atoms with E-state index in [1.165, 1.54) is 12.1 Å². The van der Waals surface area contributed by atoms with Gasteiger partial charge in [-0.25, -0.2) is 4.39 Å². The summed E-state index contributed by atoms with van der Waals surface area (Å²) in [6.45, 7) is 2.27. The third-order valence-corrected chi connectivity index (χ3v) is 2.54. The molecule has 0 aliphatic rings. The highest BCUT2D eigenvalue weighted by atomic mass is 19.1. The number of aromatic nitrogens is 1. The molecule has 1 aromatic heterocycles. The number of nitrogens with one attached hydrogen (secondary N) is 1. The number of hydrogen-bond donors (Lipinski definition) is 2. The van der Waals surface area contributed by atoms with E-state index in [1.807, 2.05) is 13.0 Å². The standard InChI is InChI=1S/C14H13FN4O/c1-2-20-14-11(17)4-6-13(19-14)18-12-5-3-10(15)7-9(12)8-16/h3-7H,2,17H2,1H3,(H,18,19). The molecule has 102 valence electrons. The molecule has 5 nitrogen and oxygen atoms in total. The Morgan fingerprint density at radius 3 is 2.90 bits per heavy atom. The Morgan fingerprint density at radius 1 is 1.40 bits per heavy atom. The van der Waals surface area contributed by atoms with Crippen LogP contribution >= 0.6 is 0 Å². The second-order valence-electron chi connectivity index (χ2n) is 3.95. The van der Waals surface area contributed by atoms with Crippen molar-refractivity contribution in [1.82, 2.24) is 4.98 Å². The number of anilines is 3. The van der Waals surface area contributed by atoms with E-state index in [2.05, 4.69) is 10.3 Å². The van der Waals surface area contributed by atoms with E-state index in [4.69, 9.17) is 15.7 Å². The number of nitrogen functional groups attached to an aromatic ring is 1. The first-order valence-corrected chi connectivity index (χ1v) is 6.00. The molecule has 0 radical (unpaired) electrons. The first kappa shape index (κ1) is 13.6. The lowest BCUT2D eigenvalue weighted by Crippen LogP contribution is -2.02. The number of nitrogens with zero attached hydrogens (tertiary/aromatic N) is 2. The van der Waals surface area contributed by atoms with E-state index >= 15 is 0 Å². The Bertz CT molecular complexity index is 667. The van der Waals surface area contributed by atoms with Gasteiger partial charge in [-0.05, 0) is 37.3 Å². The van der Waals surface area contributed by atoms with Gasteiger partial charge in [-0.15, -0.1) is 0 Å². The number of benzene rings is 1. The van der Waals surface area contributed by atoms with Crippen molar-refractivity contribution < 1.29 is 9.13 Å². The van der Waals surface area contributed by atoms with E-state index in [-0.39, 0.29) is 5.56 Å². The van der Waals surface area contributed by atoms with E-state index < -0.39 is 5.82 Å². The molecule has 1 heterocycles. The van der Waals surface area contributed by atoms with Crippen LogP contribution < -0.4 is 15.8 Å². The zero-order chi connectivity index (χ0) is 14.5. The van der Waals surface area contributed by atoms with Crippen LogP contribution in [0.3, 0.4) is 0 Å². The number of nitriles is 1. The molecule has 6 heteroatoms. The van der Waals surface area contributed by atoms with Gasteiger partial charge in [0, 0.05) is 0 Å². The molecule has 0 unspecified atom stereocenters. The van der Waals surface area contributed by atoms with Crippen molar-refractivity contribution in [2.24, 2.45) is 0 Å². The maximum Gasteiger partial charge on any atom is 0.239 e. The van der Waals surface area contributed by atoms with Gasteiger partial charge < -0.3 is 15.8 Å². The molecule has 0 saturated carbocycles. The van der Waals surface area contributed by atoms with Crippen molar-refractivity contribution in [3.8, 4) is 11.9 Å². The van der Waals surface area contributed by atoms with Crippen LogP contribution in [0, 0.1) is 17.1 Å². The van der Waals surface area contributed by atoms with Gasteiger partial charge in [0.1, 0.15) is 17.7 Å². The third kappa shape index (κ3) is 2.95. The Morgan fingerprint density at radius 2 is 2.20 bits per heavy atom. The Kier molecular flexibility index (Phi) is 4.01. The van der Waals surface area contributed by atoms with Crippen molar-refractivity contribution in [1.29, 1.82) is 5.26 Å². The summed E-state index contributed by atoms with van der Waals surface area (Å²) in [6.07, 6.45) is 0. The van der Waals surface area contributed by atoms with Crippen molar-refractivity contribution in [2.45, 2.75) is 6.92 Å². The first-order valence-electron chi connectivity index (χ1n) is 6.00. The van der Waals surface area contributed by atoms with Crippen LogP contribution in [-0.2, 0) is 0 Å². The number of rotatable bonds is 4. The summed E-state index contributed by atoms with van der Waals surface area (Å²) < 4.78 is 18.3. The number of hydrogen-bond acceptors (Lipinski definition) is 5. The highest BCUT2D eigenvalue weighted by Crippen LogP contribution is 2.25. The summed E-state index contributed by atoms with van der Waals surface area (Å²) in [5, 5.41) is 11.9. The van der Waals surface area contributed by atoms with Crippen LogP contribution in [0.5, 0.6) is 5.88 Å². The molecule has 0 saturated heterocycles. The highest BCUT2D eigenvalue weighted by Gasteiger charge is 2.07. The molecule has 0 atom stereocenters. The molecule has 0 aliphatic heterocycles. The lowest BCUT2D eigenvalue weighted by Gasteiger charge is -2.10. The fraction of sp³-hybridized carbons (Fsp3) is 0.143. The molecule has 2 rings (SSSR count). The molecular formula is C14H13FN4O. The lowest BCUT2D eigenvalue weighted by molar-refractivity contribution is 0.329. The molecule has 0 spiro atoms. The van der Waals surface area contributed by atoms with Gasteiger partial charge in [-0.3, -0.25) is 0 Å². The minimum Gasteiger partial charge on any atom is -0.476 e.